The van der Waals surface area contributed by atoms with E-state index in [9.17, 15) is 5.11 Å². The van der Waals surface area contributed by atoms with Crippen LogP contribution in [0.5, 0.6) is 11.5 Å². The molecule has 2 aromatic rings. The quantitative estimate of drug-likeness (QED) is 0.763. The second-order valence-electron chi connectivity index (χ2n) is 6.95. The fraction of sp³-hybridized carbons (Fsp3) is 0.455. The van der Waals surface area contributed by atoms with Gasteiger partial charge in [0.1, 0.15) is 11.5 Å². The maximum atomic E-state index is 11.5. The van der Waals surface area contributed by atoms with Crippen molar-refractivity contribution in [3.63, 3.8) is 0 Å². The van der Waals surface area contributed by atoms with Gasteiger partial charge in [-0.05, 0) is 55.2 Å². The van der Waals surface area contributed by atoms with Crippen LogP contribution in [0.2, 0.25) is 0 Å². The number of aliphatic hydroxyl groups is 1. The van der Waals surface area contributed by atoms with E-state index < -0.39 is 5.60 Å². The third-order valence-corrected chi connectivity index (χ3v) is 5.25. The summed E-state index contributed by atoms with van der Waals surface area (Å²) in [6, 6.07) is 15.5. The predicted octanol–water partition coefficient (Wildman–Crippen LogP) is 3.85. The Bertz CT molecular complexity index is 702. The molecule has 5 heteroatoms. The summed E-state index contributed by atoms with van der Waals surface area (Å²) in [7, 11) is 3.28. The zero-order chi connectivity index (χ0) is 19.3. The number of benzene rings is 2. The molecule has 0 unspecified atom stereocenters. The molecule has 0 saturated carbocycles. The molecule has 2 atom stereocenters. The van der Waals surface area contributed by atoms with Crippen LogP contribution in [-0.4, -0.2) is 38.8 Å². The van der Waals surface area contributed by atoms with E-state index in [1.807, 2.05) is 55.5 Å². The van der Waals surface area contributed by atoms with Gasteiger partial charge >= 0.3 is 0 Å². The molecule has 0 bridgehead atoms. The van der Waals surface area contributed by atoms with Crippen LogP contribution in [0, 0.1) is 0 Å². The summed E-state index contributed by atoms with van der Waals surface area (Å²) in [5, 5.41) is 11.5. The lowest BCUT2D eigenvalue weighted by molar-refractivity contribution is -0.0562. The van der Waals surface area contributed by atoms with E-state index in [0.717, 1.165) is 35.5 Å². The summed E-state index contributed by atoms with van der Waals surface area (Å²) in [5.74, 6) is 1.44. The van der Waals surface area contributed by atoms with Gasteiger partial charge in [0, 0.05) is 5.92 Å². The first kappa shape index (κ1) is 19.7. The fourth-order valence-corrected chi connectivity index (χ4v) is 3.61. The van der Waals surface area contributed by atoms with Crippen molar-refractivity contribution in [1.82, 2.24) is 0 Å². The highest BCUT2D eigenvalue weighted by Gasteiger charge is 2.35. The van der Waals surface area contributed by atoms with Crippen molar-refractivity contribution in [1.29, 1.82) is 0 Å². The molecule has 0 aromatic heterocycles. The van der Waals surface area contributed by atoms with Crippen LogP contribution in [0.3, 0.4) is 0 Å². The molecule has 5 nitrogen and oxygen atoms in total. The van der Waals surface area contributed by atoms with Crippen molar-refractivity contribution < 1.29 is 24.1 Å². The van der Waals surface area contributed by atoms with Crippen LogP contribution in [0.4, 0.5) is 0 Å². The average molecular weight is 372 g/mol. The first-order valence-electron chi connectivity index (χ1n) is 9.28. The number of ether oxygens (including phenoxy) is 4. The molecule has 1 aliphatic rings. The van der Waals surface area contributed by atoms with Gasteiger partial charge in [-0.15, -0.1) is 0 Å². The monoisotopic (exact) mass is 372 g/mol. The maximum Gasteiger partial charge on any atom is 0.157 e. The molecule has 3 rings (SSSR count). The van der Waals surface area contributed by atoms with Gasteiger partial charge in [-0.3, -0.25) is 0 Å². The summed E-state index contributed by atoms with van der Waals surface area (Å²) in [6.45, 7) is 3.12. The molecule has 1 saturated heterocycles. The van der Waals surface area contributed by atoms with Crippen LogP contribution in [0.25, 0.3) is 0 Å². The standard InChI is InChI=1S/C22H28O5/c1-22(23,17-6-10-19(25-3)11-7-17)20(12-13-21-26-14-15-27-21)16-4-8-18(24-2)9-5-16/h4-11,20-21,23H,12-15H2,1-3H3/t20-,22-/m0/s1. The minimum absolute atomic E-state index is 0.121. The van der Waals surface area contributed by atoms with Crippen molar-refractivity contribution in [2.45, 2.75) is 37.6 Å². The lowest BCUT2D eigenvalue weighted by Gasteiger charge is -2.34. The van der Waals surface area contributed by atoms with Crippen LogP contribution in [-0.2, 0) is 15.1 Å². The molecular formula is C22H28O5. The van der Waals surface area contributed by atoms with Crippen LogP contribution < -0.4 is 9.47 Å². The highest BCUT2D eigenvalue weighted by molar-refractivity contribution is 5.36. The molecule has 1 fully saturated rings. The van der Waals surface area contributed by atoms with Gasteiger partial charge in [0.05, 0.1) is 33.0 Å². The molecule has 1 heterocycles. The average Bonchev–Trinajstić information content (AvgIpc) is 3.22. The van der Waals surface area contributed by atoms with Gasteiger partial charge in [0.2, 0.25) is 0 Å². The zero-order valence-corrected chi connectivity index (χ0v) is 16.2. The molecule has 1 aliphatic heterocycles. The summed E-state index contributed by atoms with van der Waals surface area (Å²) >= 11 is 0. The molecular weight excluding hydrogens is 344 g/mol. The number of hydrogen-bond acceptors (Lipinski definition) is 5. The number of methoxy groups -OCH3 is 2. The topological polar surface area (TPSA) is 57.2 Å². The summed E-state index contributed by atoms with van der Waals surface area (Å²) < 4.78 is 21.7. The first-order valence-corrected chi connectivity index (χ1v) is 9.28. The normalized spacial score (nSPS) is 18.1. The zero-order valence-electron chi connectivity index (χ0n) is 16.2. The summed E-state index contributed by atoms with van der Waals surface area (Å²) in [6.07, 6.45) is 1.26. The van der Waals surface area contributed by atoms with Gasteiger partial charge in [0.25, 0.3) is 0 Å². The lowest BCUT2D eigenvalue weighted by Crippen LogP contribution is -2.31. The van der Waals surface area contributed by atoms with Crippen LogP contribution >= 0.6 is 0 Å². The Morgan fingerprint density at radius 1 is 0.963 bits per heavy atom. The van der Waals surface area contributed by atoms with E-state index in [0.29, 0.717) is 13.2 Å². The Labute approximate surface area is 160 Å². The van der Waals surface area contributed by atoms with Gasteiger partial charge in [-0.2, -0.15) is 0 Å². The van der Waals surface area contributed by atoms with E-state index in [-0.39, 0.29) is 12.2 Å². The molecule has 0 aliphatic carbocycles. The second kappa shape index (κ2) is 8.74. The van der Waals surface area contributed by atoms with Crippen LogP contribution in [0.15, 0.2) is 48.5 Å². The molecule has 0 amide bonds. The third-order valence-electron chi connectivity index (χ3n) is 5.25. The second-order valence-corrected chi connectivity index (χ2v) is 6.95. The van der Waals surface area contributed by atoms with Crippen molar-refractivity contribution in [2.75, 3.05) is 27.4 Å². The summed E-state index contributed by atoms with van der Waals surface area (Å²) in [4.78, 5) is 0. The van der Waals surface area contributed by atoms with E-state index in [2.05, 4.69) is 0 Å². The molecule has 27 heavy (non-hydrogen) atoms. The Balaban J connectivity index is 1.87. The minimum Gasteiger partial charge on any atom is -0.497 e. The van der Waals surface area contributed by atoms with E-state index in [1.165, 1.54) is 0 Å². The third kappa shape index (κ3) is 4.61. The Morgan fingerprint density at radius 2 is 1.48 bits per heavy atom. The van der Waals surface area contributed by atoms with E-state index >= 15 is 0 Å². The SMILES string of the molecule is COc1ccc([C@H](CCC2OCCO2)[C@@](C)(O)c2ccc(OC)cc2)cc1. The largest absolute Gasteiger partial charge is 0.497 e. The van der Waals surface area contributed by atoms with E-state index in [1.54, 1.807) is 14.2 Å². The van der Waals surface area contributed by atoms with Gasteiger partial charge in [-0.25, -0.2) is 0 Å². The molecule has 146 valence electrons. The molecule has 1 N–H and O–H groups in total. The maximum absolute atomic E-state index is 11.5. The van der Waals surface area contributed by atoms with Crippen molar-refractivity contribution in [2.24, 2.45) is 0 Å². The van der Waals surface area contributed by atoms with Crippen molar-refractivity contribution in [3.8, 4) is 11.5 Å². The summed E-state index contributed by atoms with van der Waals surface area (Å²) in [5.41, 5.74) is 0.839. The molecule has 0 radical (unpaired) electrons. The first-order chi connectivity index (χ1) is 13.0. The molecule has 0 spiro atoms. The highest BCUT2D eigenvalue weighted by Crippen LogP contribution is 2.41. The smallest absolute Gasteiger partial charge is 0.157 e. The number of rotatable bonds is 8. The minimum atomic E-state index is -1.06. The Hall–Kier alpha value is -2.08. The van der Waals surface area contributed by atoms with Crippen molar-refractivity contribution >= 4 is 0 Å². The van der Waals surface area contributed by atoms with E-state index in [4.69, 9.17) is 18.9 Å². The fourth-order valence-electron chi connectivity index (χ4n) is 3.61. The van der Waals surface area contributed by atoms with Crippen LogP contribution in [0.1, 0.15) is 36.8 Å². The lowest BCUT2D eigenvalue weighted by atomic mass is 9.76. The predicted molar refractivity (Wildman–Crippen MR) is 103 cm³/mol. The molecule has 2 aromatic carbocycles. The Kier molecular flexibility index (Phi) is 6.37. The Morgan fingerprint density at radius 3 is 2.00 bits per heavy atom. The van der Waals surface area contributed by atoms with Gasteiger partial charge in [0.15, 0.2) is 6.29 Å². The van der Waals surface area contributed by atoms with Gasteiger partial charge < -0.3 is 24.1 Å². The highest BCUT2D eigenvalue weighted by atomic mass is 16.7. The van der Waals surface area contributed by atoms with Gasteiger partial charge in [-0.1, -0.05) is 24.3 Å². The number of hydrogen-bond donors (Lipinski definition) is 1. The van der Waals surface area contributed by atoms with Crippen molar-refractivity contribution in [3.05, 3.63) is 59.7 Å².